The fourth-order valence-electron chi connectivity index (χ4n) is 2.38. The number of hydrogen-bond acceptors (Lipinski definition) is 5. The predicted octanol–water partition coefficient (Wildman–Crippen LogP) is 1.62. The topological polar surface area (TPSA) is 109 Å². The number of fused-ring (bicyclic) bond motifs is 1. The number of aromatic nitrogens is 1. The minimum Gasteiger partial charge on any atom is -0.397 e. The van der Waals surface area contributed by atoms with Gasteiger partial charge in [-0.3, -0.25) is 9.69 Å². The van der Waals surface area contributed by atoms with Crippen molar-refractivity contribution in [3.05, 3.63) is 41.0 Å². The Bertz CT molecular complexity index is 859. The third-order valence-electron chi connectivity index (χ3n) is 3.40. The quantitative estimate of drug-likeness (QED) is 0.831. The standard InChI is InChI=1S/C14H9F2N5O/c15-6-1-2-10(9(16)3-6)21-11(22)4-7-12(18)8(5-17)13(19)20-14(7)21/h1-3H,4H2,(H4,18,19,20). The van der Waals surface area contributed by atoms with Gasteiger partial charge in [-0.25, -0.2) is 13.8 Å². The van der Waals surface area contributed by atoms with E-state index in [-0.39, 0.29) is 35.0 Å². The van der Waals surface area contributed by atoms with Gasteiger partial charge in [-0.05, 0) is 12.1 Å². The number of benzene rings is 1. The van der Waals surface area contributed by atoms with Gasteiger partial charge < -0.3 is 11.5 Å². The third kappa shape index (κ3) is 1.83. The van der Waals surface area contributed by atoms with Crippen molar-refractivity contribution in [2.45, 2.75) is 6.42 Å². The Morgan fingerprint density at radius 1 is 1.32 bits per heavy atom. The number of nitrogens with zero attached hydrogens (tertiary/aromatic N) is 3. The molecule has 0 saturated heterocycles. The zero-order chi connectivity index (χ0) is 16.0. The Balaban J connectivity index is 2.23. The van der Waals surface area contributed by atoms with Gasteiger partial charge in [-0.2, -0.15) is 5.26 Å². The Morgan fingerprint density at radius 2 is 2.05 bits per heavy atom. The lowest BCUT2D eigenvalue weighted by atomic mass is 10.1. The normalized spacial score (nSPS) is 13.1. The average Bonchev–Trinajstić information content (AvgIpc) is 2.76. The van der Waals surface area contributed by atoms with Crippen molar-refractivity contribution in [3.8, 4) is 6.07 Å². The smallest absolute Gasteiger partial charge is 0.237 e. The summed E-state index contributed by atoms with van der Waals surface area (Å²) in [6.45, 7) is 0. The maximum atomic E-state index is 13.9. The molecular formula is C14H9F2N5O. The Hall–Kier alpha value is -3.21. The molecule has 4 N–H and O–H groups in total. The van der Waals surface area contributed by atoms with Gasteiger partial charge in [0, 0.05) is 11.6 Å². The van der Waals surface area contributed by atoms with Crippen LogP contribution in [0.2, 0.25) is 0 Å². The Labute approximate surface area is 123 Å². The molecular weight excluding hydrogens is 292 g/mol. The molecule has 0 spiro atoms. The van der Waals surface area contributed by atoms with Gasteiger partial charge in [0.05, 0.1) is 17.8 Å². The van der Waals surface area contributed by atoms with E-state index < -0.39 is 17.5 Å². The molecule has 2 heterocycles. The van der Waals surface area contributed by atoms with E-state index in [1.807, 2.05) is 6.07 Å². The summed E-state index contributed by atoms with van der Waals surface area (Å²) in [5, 5.41) is 9.00. The zero-order valence-corrected chi connectivity index (χ0v) is 11.1. The van der Waals surface area contributed by atoms with E-state index in [9.17, 15) is 13.6 Å². The number of carbonyl (C=O) groups is 1. The van der Waals surface area contributed by atoms with Crippen LogP contribution in [-0.2, 0) is 11.2 Å². The first-order chi connectivity index (χ1) is 10.4. The molecule has 0 aliphatic carbocycles. The van der Waals surface area contributed by atoms with Crippen LogP contribution in [0.5, 0.6) is 0 Å². The van der Waals surface area contributed by atoms with Gasteiger partial charge in [0.25, 0.3) is 0 Å². The molecule has 1 aliphatic heterocycles. The highest BCUT2D eigenvalue weighted by atomic mass is 19.1. The first-order valence-corrected chi connectivity index (χ1v) is 6.20. The van der Waals surface area contributed by atoms with Gasteiger partial charge in [0.15, 0.2) is 0 Å². The van der Waals surface area contributed by atoms with Crippen LogP contribution in [-0.4, -0.2) is 10.9 Å². The van der Waals surface area contributed by atoms with Gasteiger partial charge >= 0.3 is 0 Å². The fourth-order valence-corrected chi connectivity index (χ4v) is 2.38. The molecule has 0 fully saturated rings. The number of halogens is 2. The average molecular weight is 301 g/mol. The monoisotopic (exact) mass is 301 g/mol. The lowest BCUT2D eigenvalue weighted by Crippen LogP contribution is -2.23. The number of hydrogen-bond donors (Lipinski definition) is 2. The lowest BCUT2D eigenvalue weighted by Gasteiger charge is -2.18. The number of rotatable bonds is 1. The second kappa shape index (κ2) is 4.66. The third-order valence-corrected chi connectivity index (χ3v) is 3.40. The number of carbonyl (C=O) groups excluding carboxylic acids is 1. The Morgan fingerprint density at radius 3 is 2.68 bits per heavy atom. The minimum atomic E-state index is -0.912. The summed E-state index contributed by atoms with van der Waals surface area (Å²) in [6.07, 6.45) is -0.139. The van der Waals surface area contributed by atoms with Crippen molar-refractivity contribution >= 4 is 28.9 Å². The number of pyridine rings is 1. The predicted molar refractivity (Wildman–Crippen MR) is 75.0 cm³/mol. The molecule has 22 heavy (non-hydrogen) atoms. The number of nitriles is 1. The molecule has 0 unspecified atom stereocenters. The second-order valence-electron chi connectivity index (χ2n) is 4.70. The van der Waals surface area contributed by atoms with E-state index >= 15 is 0 Å². The molecule has 1 amide bonds. The van der Waals surface area contributed by atoms with Crippen LogP contribution >= 0.6 is 0 Å². The first-order valence-electron chi connectivity index (χ1n) is 6.20. The van der Waals surface area contributed by atoms with Crippen molar-refractivity contribution in [2.24, 2.45) is 0 Å². The van der Waals surface area contributed by atoms with Gasteiger partial charge in [-0.15, -0.1) is 0 Å². The number of nitrogen functional groups attached to an aromatic ring is 2. The van der Waals surface area contributed by atoms with E-state index in [4.69, 9.17) is 16.7 Å². The number of anilines is 4. The van der Waals surface area contributed by atoms with Crippen LogP contribution in [0.4, 0.5) is 31.8 Å². The van der Waals surface area contributed by atoms with Gasteiger partial charge in [0.2, 0.25) is 5.91 Å². The summed E-state index contributed by atoms with van der Waals surface area (Å²) in [7, 11) is 0. The molecule has 0 atom stereocenters. The molecule has 1 aromatic heterocycles. The SMILES string of the molecule is N#Cc1c(N)nc2c(c1N)CC(=O)N2c1ccc(F)cc1F. The van der Waals surface area contributed by atoms with E-state index in [0.29, 0.717) is 11.6 Å². The van der Waals surface area contributed by atoms with Crippen molar-refractivity contribution in [1.29, 1.82) is 5.26 Å². The fraction of sp³-hybridized carbons (Fsp3) is 0.0714. The van der Waals surface area contributed by atoms with Gasteiger partial charge in [0.1, 0.15) is 34.9 Å². The van der Waals surface area contributed by atoms with E-state index in [1.165, 1.54) is 0 Å². The largest absolute Gasteiger partial charge is 0.397 e. The van der Waals surface area contributed by atoms with Crippen LogP contribution in [0, 0.1) is 23.0 Å². The number of amides is 1. The molecule has 0 saturated carbocycles. The summed E-state index contributed by atoms with van der Waals surface area (Å²) in [5.41, 5.74) is 11.7. The summed E-state index contributed by atoms with van der Waals surface area (Å²) >= 11 is 0. The maximum Gasteiger partial charge on any atom is 0.237 e. The Kier molecular flexibility index (Phi) is 2.92. The minimum absolute atomic E-state index is 0.0204. The highest BCUT2D eigenvalue weighted by Gasteiger charge is 2.35. The van der Waals surface area contributed by atoms with Crippen LogP contribution < -0.4 is 16.4 Å². The van der Waals surface area contributed by atoms with Crippen LogP contribution in [0.15, 0.2) is 18.2 Å². The molecule has 0 radical (unpaired) electrons. The van der Waals surface area contributed by atoms with Crippen LogP contribution in [0.1, 0.15) is 11.1 Å². The van der Waals surface area contributed by atoms with Crippen molar-refractivity contribution in [3.63, 3.8) is 0 Å². The second-order valence-corrected chi connectivity index (χ2v) is 4.70. The van der Waals surface area contributed by atoms with E-state index in [1.54, 1.807) is 0 Å². The summed E-state index contributed by atoms with van der Waals surface area (Å²) < 4.78 is 27.0. The summed E-state index contributed by atoms with van der Waals surface area (Å²) in [6, 6.07) is 4.64. The van der Waals surface area contributed by atoms with Crippen LogP contribution in [0.25, 0.3) is 0 Å². The van der Waals surface area contributed by atoms with E-state index in [2.05, 4.69) is 4.98 Å². The molecule has 8 heteroatoms. The maximum absolute atomic E-state index is 13.9. The molecule has 2 aromatic rings. The summed E-state index contributed by atoms with van der Waals surface area (Å²) in [4.78, 5) is 17.1. The van der Waals surface area contributed by atoms with Crippen molar-refractivity contribution in [1.82, 2.24) is 4.98 Å². The highest BCUT2D eigenvalue weighted by Crippen LogP contribution is 2.40. The van der Waals surface area contributed by atoms with Gasteiger partial charge in [-0.1, -0.05) is 0 Å². The van der Waals surface area contributed by atoms with Crippen molar-refractivity contribution < 1.29 is 13.6 Å². The lowest BCUT2D eigenvalue weighted by molar-refractivity contribution is -0.116. The first kappa shape index (κ1) is 13.8. The van der Waals surface area contributed by atoms with Crippen molar-refractivity contribution in [2.75, 3.05) is 16.4 Å². The molecule has 3 rings (SSSR count). The molecule has 110 valence electrons. The zero-order valence-electron chi connectivity index (χ0n) is 11.1. The number of nitrogens with two attached hydrogens (primary N) is 2. The molecule has 6 nitrogen and oxygen atoms in total. The highest BCUT2D eigenvalue weighted by molar-refractivity contribution is 6.08. The van der Waals surface area contributed by atoms with E-state index in [0.717, 1.165) is 17.0 Å². The summed E-state index contributed by atoms with van der Waals surface area (Å²) in [5.74, 6) is -2.26. The molecule has 1 aliphatic rings. The van der Waals surface area contributed by atoms with Crippen LogP contribution in [0.3, 0.4) is 0 Å². The molecule has 0 bridgehead atoms. The molecule has 1 aromatic carbocycles.